The number of para-hydroxylation sites is 1. The number of rotatable bonds is 5. The van der Waals surface area contributed by atoms with Crippen molar-refractivity contribution in [2.45, 2.75) is 6.92 Å². The Balaban J connectivity index is 1.20. The molecule has 194 valence electrons. The quantitative estimate of drug-likeness (QED) is 0.261. The Kier molecular flexibility index (Phi) is 5.93. The van der Waals surface area contributed by atoms with Crippen LogP contribution in [0.1, 0.15) is 17.3 Å². The number of carbonyl (C=O) groups is 1. The molecule has 1 aliphatic heterocycles. The van der Waals surface area contributed by atoms with Crippen molar-refractivity contribution in [3.05, 3.63) is 89.9 Å². The van der Waals surface area contributed by atoms with Crippen LogP contribution in [0.2, 0.25) is 0 Å². The molecule has 3 aromatic heterocycles. The Morgan fingerprint density at radius 3 is 2.64 bits per heavy atom. The van der Waals surface area contributed by atoms with Crippen molar-refractivity contribution < 1.29 is 9.53 Å². The number of nitrogens with zero attached hydrogens (tertiary/aromatic N) is 3. The molecule has 0 atom stereocenters. The number of hydrogen-bond acceptors (Lipinski definition) is 5. The zero-order valence-corrected chi connectivity index (χ0v) is 22.5. The number of ether oxygens (including phenoxy) is 1. The van der Waals surface area contributed by atoms with Crippen LogP contribution in [0.5, 0.6) is 5.88 Å². The maximum atomic E-state index is 14.0. The van der Waals surface area contributed by atoms with Gasteiger partial charge < -0.3 is 19.5 Å². The van der Waals surface area contributed by atoms with Crippen LogP contribution in [-0.4, -0.2) is 53.6 Å². The second kappa shape index (κ2) is 9.75. The Morgan fingerprint density at radius 2 is 1.77 bits per heavy atom. The summed E-state index contributed by atoms with van der Waals surface area (Å²) in [5.74, 6) is 0.484. The summed E-state index contributed by atoms with van der Waals surface area (Å²) in [6, 6.07) is 25.1. The first-order valence-corrected chi connectivity index (χ1v) is 14.2. The second-order valence-electron chi connectivity index (χ2n) is 9.82. The van der Waals surface area contributed by atoms with Crippen LogP contribution in [0.15, 0.2) is 84.4 Å². The van der Waals surface area contributed by atoms with Crippen LogP contribution in [-0.2, 0) is 0 Å². The molecule has 0 radical (unpaired) electrons. The minimum atomic E-state index is 0.0125. The van der Waals surface area contributed by atoms with Gasteiger partial charge in [-0.2, -0.15) is 0 Å². The van der Waals surface area contributed by atoms with Gasteiger partial charge in [-0.1, -0.05) is 36.4 Å². The van der Waals surface area contributed by atoms with Crippen molar-refractivity contribution in [2.75, 3.05) is 37.7 Å². The van der Waals surface area contributed by atoms with Crippen molar-refractivity contribution in [1.82, 2.24) is 14.9 Å². The molecule has 1 aliphatic rings. The highest BCUT2D eigenvalue weighted by Gasteiger charge is 2.26. The van der Waals surface area contributed by atoms with Crippen molar-refractivity contribution in [3.8, 4) is 17.0 Å². The molecule has 39 heavy (non-hydrogen) atoms. The zero-order chi connectivity index (χ0) is 26.3. The third-order valence-electron chi connectivity index (χ3n) is 7.60. The largest absolute Gasteiger partial charge is 0.478 e. The molecule has 4 heterocycles. The molecule has 1 fully saturated rings. The van der Waals surface area contributed by atoms with Crippen LogP contribution in [0.3, 0.4) is 0 Å². The lowest BCUT2D eigenvalue weighted by Crippen LogP contribution is -2.49. The molecule has 0 saturated carbocycles. The van der Waals surface area contributed by atoms with Crippen LogP contribution < -0.4 is 9.64 Å². The highest BCUT2D eigenvalue weighted by Crippen LogP contribution is 2.34. The summed E-state index contributed by atoms with van der Waals surface area (Å²) in [5, 5.41) is 5.78. The SMILES string of the molecule is CCOc1cc(C(=O)N2CCN(c3cccc4sccc34)CC2)c(-c2ccc3c(c2)[nH]c2ccccc23)cn1. The highest BCUT2D eigenvalue weighted by molar-refractivity contribution is 7.17. The van der Waals surface area contributed by atoms with Crippen molar-refractivity contribution in [2.24, 2.45) is 0 Å². The van der Waals surface area contributed by atoms with E-state index in [9.17, 15) is 4.79 Å². The summed E-state index contributed by atoms with van der Waals surface area (Å²) >= 11 is 1.76. The van der Waals surface area contributed by atoms with E-state index in [1.807, 2.05) is 17.9 Å². The average molecular weight is 533 g/mol. The smallest absolute Gasteiger partial charge is 0.254 e. The first-order valence-electron chi connectivity index (χ1n) is 13.3. The molecule has 0 spiro atoms. The predicted octanol–water partition coefficient (Wildman–Crippen LogP) is 6.96. The molecular weight excluding hydrogens is 504 g/mol. The number of hydrogen-bond donors (Lipinski definition) is 1. The number of aromatic nitrogens is 2. The lowest BCUT2D eigenvalue weighted by atomic mass is 9.99. The van der Waals surface area contributed by atoms with Gasteiger partial charge in [0.25, 0.3) is 5.91 Å². The number of piperazine rings is 1. The number of amides is 1. The van der Waals surface area contributed by atoms with Crippen molar-refractivity contribution in [3.63, 3.8) is 0 Å². The number of benzene rings is 3. The van der Waals surface area contributed by atoms with E-state index in [0.717, 1.165) is 40.6 Å². The summed E-state index contributed by atoms with van der Waals surface area (Å²) in [7, 11) is 0. The van der Waals surface area contributed by atoms with Crippen LogP contribution in [0, 0.1) is 0 Å². The van der Waals surface area contributed by atoms with Gasteiger partial charge in [-0.15, -0.1) is 11.3 Å². The van der Waals surface area contributed by atoms with Gasteiger partial charge >= 0.3 is 0 Å². The fourth-order valence-corrected chi connectivity index (χ4v) is 6.47. The number of anilines is 1. The van der Waals surface area contributed by atoms with E-state index in [1.165, 1.54) is 21.2 Å². The van der Waals surface area contributed by atoms with Gasteiger partial charge in [-0.25, -0.2) is 4.98 Å². The second-order valence-corrected chi connectivity index (χ2v) is 10.8. The molecule has 1 amide bonds. The molecule has 3 aromatic carbocycles. The number of H-pyrrole nitrogens is 1. The van der Waals surface area contributed by atoms with Gasteiger partial charge in [0, 0.05) is 81.6 Å². The van der Waals surface area contributed by atoms with Gasteiger partial charge in [-0.05, 0) is 48.2 Å². The first kappa shape index (κ1) is 23.7. The molecular formula is C32H28N4O2S. The fraction of sp³-hybridized carbons (Fsp3) is 0.188. The number of aromatic amines is 1. The Bertz CT molecular complexity index is 1830. The van der Waals surface area contributed by atoms with Gasteiger partial charge in [0.15, 0.2) is 0 Å². The maximum Gasteiger partial charge on any atom is 0.254 e. The van der Waals surface area contributed by atoms with E-state index >= 15 is 0 Å². The van der Waals surface area contributed by atoms with Gasteiger partial charge in [0.2, 0.25) is 5.88 Å². The lowest BCUT2D eigenvalue weighted by Gasteiger charge is -2.36. The minimum absolute atomic E-state index is 0.0125. The predicted molar refractivity (Wildman–Crippen MR) is 160 cm³/mol. The standard InChI is InChI=1S/C32H28N4O2S/c1-2-38-31-19-25(26(20-33-31)21-10-11-23-22-6-3-4-7-27(22)34-28(23)18-21)32(37)36-15-13-35(14-16-36)29-8-5-9-30-24(29)12-17-39-30/h3-12,17-20,34H,2,13-16H2,1H3. The molecule has 0 unspecified atom stereocenters. The molecule has 6 aromatic rings. The molecule has 1 saturated heterocycles. The molecule has 6 nitrogen and oxygen atoms in total. The highest BCUT2D eigenvalue weighted by atomic mass is 32.1. The molecule has 1 N–H and O–H groups in total. The topological polar surface area (TPSA) is 61.5 Å². The summed E-state index contributed by atoms with van der Waals surface area (Å²) in [6.45, 7) is 5.32. The summed E-state index contributed by atoms with van der Waals surface area (Å²) in [4.78, 5) is 26.4. The fourth-order valence-electron chi connectivity index (χ4n) is 5.67. The molecule has 0 aliphatic carbocycles. The Labute approximate surface area is 230 Å². The normalized spacial score (nSPS) is 14.0. The molecule has 7 heteroatoms. The monoisotopic (exact) mass is 532 g/mol. The van der Waals surface area contributed by atoms with E-state index in [0.29, 0.717) is 31.1 Å². The number of fused-ring (bicyclic) bond motifs is 4. The first-order chi connectivity index (χ1) is 19.2. The number of nitrogens with one attached hydrogen (secondary N) is 1. The zero-order valence-electron chi connectivity index (χ0n) is 21.7. The van der Waals surface area contributed by atoms with E-state index in [1.54, 1.807) is 23.6 Å². The van der Waals surface area contributed by atoms with E-state index in [-0.39, 0.29) is 5.91 Å². The third-order valence-corrected chi connectivity index (χ3v) is 8.48. The van der Waals surface area contributed by atoms with E-state index in [4.69, 9.17) is 4.74 Å². The maximum absolute atomic E-state index is 14.0. The van der Waals surface area contributed by atoms with Gasteiger partial charge in [0.1, 0.15) is 0 Å². The van der Waals surface area contributed by atoms with E-state index < -0.39 is 0 Å². The Hall–Kier alpha value is -4.36. The van der Waals surface area contributed by atoms with Crippen LogP contribution in [0.25, 0.3) is 43.0 Å². The summed E-state index contributed by atoms with van der Waals surface area (Å²) in [5.41, 5.74) is 5.78. The average Bonchev–Trinajstić information content (AvgIpc) is 3.61. The summed E-state index contributed by atoms with van der Waals surface area (Å²) in [6.07, 6.45) is 1.77. The van der Waals surface area contributed by atoms with Gasteiger partial charge in [-0.3, -0.25) is 4.79 Å². The van der Waals surface area contributed by atoms with Crippen LogP contribution in [0.4, 0.5) is 5.69 Å². The van der Waals surface area contributed by atoms with Crippen LogP contribution >= 0.6 is 11.3 Å². The van der Waals surface area contributed by atoms with Gasteiger partial charge in [0.05, 0.1) is 12.2 Å². The Morgan fingerprint density at radius 1 is 0.923 bits per heavy atom. The number of thiophene rings is 1. The molecule has 7 rings (SSSR count). The lowest BCUT2D eigenvalue weighted by molar-refractivity contribution is 0.0747. The van der Waals surface area contributed by atoms with Crippen molar-refractivity contribution in [1.29, 1.82) is 0 Å². The summed E-state index contributed by atoms with van der Waals surface area (Å²) < 4.78 is 6.99. The number of pyridine rings is 1. The minimum Gasteiger partial charge on any atom is -0.478 e. The van der Waals surface area contributed by atoms with E-state index in [2.05, 4.69) is 80.9 Å². The molecule has 0 bridgehead atoms. The number of carbonyl (C=O) groups excluding carboxylic acids is 1. The third kappa shape index (κ3) is 4.19. The van der Waals surface area contributed by atoms with Crippen molar-refractivity contribution >= 4 is 54.8 Å².